The lowest BCUT2D eigenvalue weighted by atomic mass is 9.89. The van der Waals surface area contributed by atoms with E-state index in [1.54, 1.807) is 6.07 Å². The first-order chi connectivity index (χ1) is 13.1. The maximum atomic E-state index is 12.6. The summed E-state index contributed by atoms with van der Waals surface area (Å²) in [7, 11) is 0. The summed E-state index contributed by atoms with van der Waals surface area (Å²) < 4.78 is 0. The third-order valence-electron chi connectivity index (χ3n) is 5.64. The molecule has 6 nitrogen and oxygen atoms in total. The molecule has 27 heavy (non-hydrogen) atoms. The molecule has 2 aromatic rings. The number of fused-ring (bicyclic) bond motifs is 1. The monoisotopic (exact) mass is 370 g/mol. The SMILES string of the molecule is CCN(Cc1nc2ccccc2c(=O)[nH]1)C(C)C(=O)NCC1CCCCC1. The fourth-order valence-electron chi connectivity index (χ4n) is 3.87. The van der Waals surface area contributed by atoms with E-state index >= 15 is 0 Å². The van der Waals surface area contributed by atoms with Crippen molar-refractivity contribution in [1.29, 1.82) is 0 Å². The Morgan fingerprint density at radius 1 is 1.30 bits per heavy atom. The highest BCUT2D eigenvalue weighted by atomic mass is 16.2. The molecule has 0 aliphatic heterocycles. The van der Waals surface area contributed by atoms with E-state index in [4.69, 9.17) is 0 Å². The van der Waals surface area contributed by atoms with Gasteiger partial charge >= 0.3 is 0 Å². The lowest BCUT2D eigenvalue weighted by Crippen LogP contribution is -2.46. The maximum absolute atomic E-state index is 12.6. The molecule has 3 rings (SSSR count). The summed E-state index contributed by atoms with van der Waals surface area (Å²) >= 11 is 0. The van der Waals surface area contributed by atoms with Crippen LogP contribution in [0.15, 0.2) is 29.1 Å². The standard InChI is InChI=1S/C21H30N4O2/c1-3-25(15(2)20(26)22-13-16-9-5-4-6-10-16)14-19-23-18-12-8-7-11-17(18)21(27)24-19/h7-8,11-12,15-16H,3-6,9-10,13-14H2,1-2H3,(H,22,26)(H,23,24,27). The molecule has 1 fully saturated rings. The Morgan fingerprint density at radius 2 is 2.04 bits per heavy atom. The molecule has 1 amide bonds. The van der Waals surface area contributed by atoms with Gasteiger partial charge in [-0.3, -0.25) is 14.5 Å². The van der Waals surface area contributed by atoms with E-state index in [0.717, 1.165) is 6.54 Å². The number of aromatic nitrogens is 2. The van der Waals surface area contributed by atoms with Crippen LogP contribution in [0.1, 0.15) is 51.8 Å². The molecule has 146 valence electrons. The highest BCUT2D eigenvalue weighted by molar-refractivity contribution is 5.81. The molecule has 1 aromatic heterocycles. The molecule has 0 saturated heterocycles. The maximum Gasteiger partial charge on any atom is 0.258 e. The third-order valence-corrected chi connectivity index (χ3v) is 5.64. The van der Waals surface area contributed by atoms with Crippen molar-refractivity contribution in [3.05, 3.63) is 40.4 Å². The number of hydrogen-bond donors (Lipinski definition) is 2. The highest BCUT2D eigenvalue weighted by Gasteiger charge is 2.22. The Hall–Kier alpha value is -2.21. The van der Waals surface area contributed by atoms with Crippen molar-refractivity contribution < 1.29 is 4.79 Å². The lowest BCUT2D eigenvalue weighted by Gasteiger charge is -2.28. The zero-order valence-corrected chi connectivity index (χ0v) is 16.3. The summed E-state index contributed by atoms with van der Waals surface area (Å²) in [5, 5.41) is 3.71. The summed E-state index contributed by atoms with van der Waals surface area (Å²) in [6.45, 7) is 5.85. The van der Waals surface area contributed by atoms with Crippen molar-refractivity contribution >= 4 is 16.8 Å². The Labute approximate surface area is 160 Å². The van der Waals surface area contributed by atoms with Crippen LogP contribution in [0, 0.1) is 5.92 Å². The number of likely N-dealkylation sites (N-methyl/N-ethyl adjacent to an activating group) is 1. The van der Waals surface area contributed by atoms with E-state index in [9.17, 15) is 9.59 Å². The van der Waals surface area contributed by atoms with Crippen LogP contribution in [0.5, 0.6) is 0 Å². The Morgan fingerprint density at radius 3 is 2.78 bits per heavy atom. The number of amides is 1. The van der Waals surface area contributed by atoms with Gasteiger partial charge in [-0.1, -0.05) is 38.3 Å². The van der Waals surface area contributed by atoms with Crippen LogP contribution in [-0.2, 0) is 11.3 Å². The average molecular weight is 370 g/mol. The van der Waals surface area contributed by atoms with Crippen molar-refractivity contribution in [3.63, 3.8) is 0 Å². The average Bonchev–Trinajstić information content (AvgIpc) is 2.70. The Bertz CT molecular complexity index is 826. The summed E-state index contributed by atoms with van der Waals surface area (Å²) in [6.07, 6.45) is 6.31. The van der Waals surface area contributed by atoms with Crippen LogP contribution in [0.4, 0.5) is 0 Å². The second kappa shape index (κ2) is 9.13. The van der Waals surface area contributed by atoms with E-state index in [1.165, 1.54) is 32.1 Å². The lowest BCUT2D eigenvalue weighted by molar-refractivity contribution is -0.126. The number of carbonyl (C=O) groups excluding carboxylic acids is 1. The van der Waals surface area contributed by atoms with Gasteiger partial charge in [0.05, 0.1) is 23.5 Å². The number of benzene rings is 1. The number of nitrogens with zero attached hydrogens (tertiary/aromatic N) is 2. The summed E-state index contributed by atoms with van der Waals surface area (Å²) in [5.41, 5.74) is 0.544. The van der Waals surface area contributed by atoms with Crippen LogP contribution < -0.4 is 10.9 Å². The second-order valence-electron chi connectivity index (χ2n) is 7.52. The molecule has 1 heterocycles. The number of nitrogens with one attached hydrogen (secondary N) is 2. The third kappa shape index (κ3) is 4.95. The molecule has 1 aliphatic carbocycles. The number of H-pyrrole nitrogens is 1. The molecule has 1 unspecified atom stereocenters. The van der Waals surface area contributed by atoms with Gasteiger partial charge in [0.25, 0.3) is 5.56 Å². The van der Waals surface area contributed by atoms with E-state index in [2.05, 4.69) is 15.3 Å². The fourth-order valence-corrected chi connectivity index (χ4v) is 3.87. The molecule has 1 saturated carbocycles. The first kappa shape index (κ1) is 19.5. The summed E-state index contributed by atoms with van der Waals surface area (Å²) in [4.78, 5) is 34.3. The molecule has 0 bridgehead atoms. The van der Waals surface area contributed by atoms with Crippen molar-refractivity contribution in [2.75, 3.05) is 13.1 Å². The van der Waals surface area contributed by atoms with Gasteiger partial charge in [-0.15, -0.1) is 0 Å². The number of carbonyl (C=O) groups is 1. The zero-order chi connectivity index (χ0) is 19.2. The van der Waals surface area contributed by atoms with Crippen LogP contribution in [0.3, 0.4) is 0 Å². The van der Waals surface area contributed by atoms with Crippen LogP contribution in [0.2, 0.25) is 0 Å². The zero-order valence-electron chi connectivity index (χ0n) is 16.3. The number of hydrogen-bond acceptors (Lipinski definition) is 4. The largest absolute Gasteiger partial charge is 0.354 e. The molecule has 0 radical (unpaired) electrons. The van der Waals surface area contributed by atoms with E-state index < -0.39 is 0 Å². The van der Waals surface area contributed by atoms with E-state index in [-0.39, 0.29) is 17.5 Å². The van der Waals surface area contributed by atoms with Gasteiger partial charge in [0, 0.05) is 6.54 Å². The highest BCUT2D eigenvalue weighted by Crippen LogP contribution is 2.22. The van der Waals surface area contributed by atoms with Gasteiger partial charge in [0.15, 0.2) is 0 Å². The van der Waals surface area contributed by atoms with Gasteiger partial charge in [-0.2, -0.15) is 0 Å². The van der Waals surface area contributed by atoms with Gasteiger partial charge in [0.1, 0.15) is 5.82 Å². The smallest absolute Gasteiger partial charge is 0.258 e. The number of rotatable bonds is 7. The van der Waals surface area contributed by atoms with Crippen molar-refractivity contribution in [2.24, 2.45) is 5.92 Å². The number of para-hydroxylation sites is 1. The minimum atomic E-state index is -0.268. The normalized spacial score (nSPS) is 16.6. The van der Waals surface area contributed by atoms with Gasteiger partial charge in [0.2, 0.25) is 5.91 Å². The predicted octanol–water partition coefficient (Wildman–Crippen LogP) is 2.83. The molecule has 1 aromatic carbocycles. The molecule has 1 atom stereocenters. The fraction of sp³-hybridized carbons (Fsp3) is 0.571. The first-order valence-electron chi connectivity index (χ1n) is 10.1. The van der Waals surface area contributed by atoms with Crippen molar-refractivity contribution in [2.45, 2.75) is 58.5 Å². The van der Waals surface area contributed by atoms with Crippen LogP contribution in [0.25, 0.3) is 10.9 Å². The summed E-state index contributed by atoms with van der Waals surface area (Å²) in [6, 6.07) is 7.04. The van der Waals surface area contributed by atoms with Crippen molar-refractivity contribution in [1.82, 2.24) is 20.2 Å². The summed E-state index contributed by atoms with van der Waals surface area (Å²) in [5.74, 6) is 1.25. The molecule has 6 heteroatoms. The Balaban J connectivity index is 1.63. The molecular weight excluding hydrogens is 340 g/mol. The topological polar surface area (TPSA) is 78.1 Å². The molecule has 0 spiro atoms. The predicted molar refractivity (Wildman–Crippen MR) is 107 cm³/mol. The van der Waals surface area contributed by atoms with E-state index in [0.29, 0.717) is 35.7 Å². The van der Waals surface area contributed by atoms with Gasteiger partial charge < -0.3 is 10.3 Å². The molecule has 2 N–H and O–H groups in total. The van der Waals surface area contributed by atoms with E-state index in [1.807, 2.05) is 36.9 Å². The first-order valence-corrected chi connectivity index (χ1v) is 10.1. The molecular formula is C21H30N4O2. The van der Waals surface area contributed by atoms with Crippen LogP contribution >= 0.6 is 0 Å². The van der Waals surface area contributed by atoms with Gasteiger partial charge in [-0.25, -0.2) is 4.98 Å². The minimum absolute atomic E-state index is 0.0468. The number of aromatic amines is 1. The quantitative estimate of drug-likeness (QED) is 0.786. The second-order valence-corrected chi connectivity index (χ2v) is 7.52. The Kier molecular flexibility index (Phi) is 6.61. The van der Waals surface area contributed by atoms with Crippen LogP contribution in [-0.4, -0.2) is 39.9 Å². The van der Waals surface area contributed by atoms with Crippen molar-refractivity contribution in [3.8, 4) is 0 Å². The van der Waals surface area contributed by atoms with Gasteiger partial charge in [-0.05, 0) is 44.4 Å². The molecule has 1 aliphatic rings. The minimum Gasteiger partial charge on any atom is -0.354 e.